The van der Waals surface area contributed by atoms with E-state index in [0.29, 0.717) is 28.1 Å². The van der Waals surface area contributed by atoms with Crippen molar-refractivity contribution in [1.82, 2.24) is 4.98 Å². The Hall–Kier alpha value is -2.22. The number of aromatic amines is 1. The molecular formula is C18H16INO4. The molecule has 3 rings (SSSR count). The molecule has 1 aromatic heterocycles. The van der Waals surface area contributed by atoms with Crippen molar-refractivity contribution in [3.05, 3.63) is 50.2 Å². The van der Waals surface area contributed by atoms with E-state index >= 15 is 0 Å². The van der Waals surface area contributed by atoms with Crippen LogP contribution in [0.1, 0.15) is 0 Å². The van der Waals surface area contributed by atoms with Crippen LogP contribution >= 0.6 is 22.6 Å². The average molecular weight is 437 g/mol. The number of ether oxygens (including phenoxy) is 3. The highest BCUT2D eigenvalue weighted by Gasteiger charge is 2.18. The zero-order valence-electron chi connectivity index (χ0n) is 13.5. The highest BCUT2D eigenvalue weighted by molar-refractivity contribution is 14.1. The zero-order chi connectivity index (χ0) is 17.3. The van der Waals surface area contributed by atoms with E-state index in [0.717, 1.165) is 9.13 Å². The molecule has 0 aliphatic rings. The van der Waals surface area contributed by atoms with Crippen LogP contribution in [-0.2, 0) is 0 Å². The summed E-state index contributed by atoms with van der Waals surface area (Å²) in [6.07, 6.45) is 0. The Morgan fingerprint density at radius 2 is 1.67 bits per heavy atom. The third-order valence-corrected chi connectivity index (χ3v) is 4.51. The molecule has 0 atom stereocenters. The molecule has 0 fully saturated rings. The molecule has 0 radical (unpaired) electrons. The fraction of sp³-hybridized carbons (Fsp3) is 0.167. The van der Waals surface area contributed by atoms with Crippen LogP contribution in [0.5, 0.6) is 17.2 Å². The van der Waals surface area contributed by atoms with Gasteiger partial charge in [-0.15, -0.1) is 0 Å². The largest absolute Gasteiger partial charge is 0.497 e. The number of benzene rings is 2. The van der Waals surface area contributed by atoms with Crippen LogP contribution in [-0.4, -0.2) is 26.3 Å². The predicted molar refractivity (Wildman–Crippen MR) is 102 cm³/mol. The van der Waals surface area contributed by atoms with Crippen molar-refractivity contribution in [2.24, 2.45) is 0 Å². The van der Waals surface area contributed by atoms with E-state index in [1.807, 2.05) is 24.3 Å². The van der Waals surface area contributed by atoms with Gasteiger partial charge < -0.3 is 19.2 Å². The molecule has 5 nitrogen and oxygen atoms in total. The Bertz CT molecular complexity index is 948. The van der Waals surface area contributed by atoms with Gasteiger partial charge in [0.2, 0.25) is 5.43 Å². The Morgan fingerprint density at radius 3 is 2.25 bits per heavy atom. The first-order valence-electron chi connectivity index (χ1n) is 7.21. The molecule has 0 amide bonds. The number of H-pyrrole nitrogens is 1. The van der Waals surface area contributed by atoms with Gasteiger partial charge in [-0.05, 0) is 34.7 Å². The highest BCUT2D eigenvalue weighted by Crippen LogP contribution is 2.33. The summed E-state index contributed by atoms with van der Waals surface area (Å²) in [4.78, 5) is 16.2. The molecule has 0 aliphatic carbocycles. The van der Waals surface area contributed by atoms with Gasteiger partial charge in [-0.2, -0.15) is 0 Å². The van der Waals surface area contributed by atoms with Gasteiger partial charge in [0.1, 0.15) is 11.5 Å². The molecule has 3 aromatic rings. The standard InChI is InChI=1S/C18H16INO4/c1-22-12-8-13-15(14(9-12)23-2)17(21)18(24-3)16(20-13)10-4-6-11(19)7-5-10/h4-9H,1-3H3,(H,20,21). The summed E-state index contributed by atoms with van der Waals surface area (Å²) in [6.45, 7) is 0. The summed E-state index contributed by atoms with van der Waals surface area (Å²) in [5.74, 6) is 1.30. The van der Waals surface area contributed by atoms with Crippen LogP contribution in [0.2, 0.25) is 0 Å². The van der Waals surface area contributed by atoms with Gasteiger partial charge in [0.05, 0.1) is 37.9 Å². The molecule has 0 unspecified atom stereocenters. The molecule has 124 valence electrons. The topological polar surface area (TPSA) is 60.6 Å². The average Bonchev–Trinajstić information content (AvgIpc) is 2.61. The van der Waals surface area contributed by atoms with Gasteiger partial charge in [0.25, 0.3) is 0 Å². The third-order valence-electron chi connectivity index (χ3n) is 3.79. The van der Waals surface area contributed by atoms with Crippen molar-refractivity contribution in [3.63, 3.8) is 0 Å². The molecule has 2 aromatic carbocycles. The van der Waals surface area contributed by atoms with E-state index in [-0.39, 0.29) is 11.2 Å². The molecule has 0 saturated heterocycles. The van der Waals surface area contributed by atoms with E-state index in [1.54, 1.807) is 19.2 Å². The highest BCUT2D eigenvalue weighted by atomic mass is 127. The number of fused-ring (bicyclic) bond motifs is 1. The lowest BCUT2D eigenvalue weighted by Crippen LogP contribution is -2.11. The number of pyridine rings is 1. The number of methoxy groups -OCH3 is 3. The van der Waals surface area contributed by atoms with E-state index in [1.165, 1.54) is 14.2 Å². The quantitative estimate of drug-likeness (QED) is 0.631. The smallest absolute Gasteiger partial charge is 0.235 e. The Kier molecular flexibility index (Phi) is 4.66. The van der Waals surface area contributed by atoms with Crippen molar-refractivity contribution in [2.75, 3.05) is 21.3 Å². The maximum atomic E-state index is 12.9. The Labute approximate surface area is 152 Å². The lowest BCUT2D eigenvalue weighted by molar-refractivity contribution is 0.396. The maximum Gasteiger partial charge on any atom is 0.235 e. The van der Waals surface area contributed by atoms with Crippen molar-refractivity contribution in [2.45, 2.75) is 0 Å². The SMILES string of the molecule is COc1cc(OC)c2c(=O)c(OC)c(-c3ccc(I)cc3)[nH]c2c1. The fourth-order valence-corrected chi connectivity index (χ4v) is 2.99. The van der Waals surface area contributed by atoms with Crippen LogP contribution in [0.15, 0.2) is 41.2 Å². The molecule has 0 aliphatic heterocycles. The van der Waals surface area contributed by atoms with Crippen LogP contribution in [0.4, 0.5) is 0 Å². The lowest BCUT2D eigenvalue weighted by atomic mass is 10.1. The maximum absolute atomic E-state index is 12.9. The molecule has 1 heterocycles. The number of halogens is 1. The summed E-state index contributed by atoms with van der Waals surface area (Å²) < 4.78 is 17.1. The van der Waals surface area contributed by atoms with E-state index in [9.17, 15) is 4.79 Å². The van der Waals surface area contributed by atoms with Crippen LogP contribution in [0.25, 0.3) is 22.2 Å². The van der Waals surface area contributed by atoms with Gasteiger partial charge in [0, 0.05) is 21.3 Å². The first kappa shape index (κ1) is 16.6. The third kappa shape index (κ3) is 2.82. The van der Waals surface area contributed by atoms with Crippen LogP contribution in [0, 0.1) is 3.57 Å². The molecular weight excluding hydrogens is 421 g/mol. The summed E-state index contributed by atoms with van der Waals surface area (Å²) >= 11 is 2.24. The van der Waals surface area contributed by atoms with Gasteiger partial charge in [-0.25, -0.2) is 0 Å². The van der Waals surface area contributed by atoms with Gasteiger partial charge >= 0.3 is 0 Å². The second-order valence-corrected chi connectivity index (χ2v) is 6.37. The summed E-state index contributed by atoms with van der Waals surface area (Å²) in [6, 6.07) is 11.3. The molecule has 0 bridgehead atoms. The minimum absolute atomic E-state index is 0.223. The van der Waals surface area contributed by atoms with E-state index in [4.69, 9.17) is 14.2 Å². The summed E-state index contributed by atoms with van der Waals surface area (Å²) in [5, 5.41) is 0.435. The minimum Gasteiger partial charge on any atom is -0.497 e. The number of nitrogens with one attached hydrogen (secondary N) is 1. The van der Waals surface area contributed by atoms with Crippen molar-refractivity contribution < 1.29 is 14.2 Å². The first-order valence-corrected chi connectivity index (χ1v) is 8.29. The van der Waals surface area contributed by atoms with Crippen molar-refractivity contribution in [3.8, 4) is 28.5 Å². The summed E-state index contributed by atoms with van der Waals surface area (Å²) in [5.41, 5.74) is 1.90. The number of rotatable bonds is 4. The molecule has 6 heteroatoms. The fourth-order valence-electron chi connectivity index (χ4n) is 2.63. The number of hydrogen-bond donors (Lipinski definition) is 1. The Morgan fingerprint density at radius 1 is 0.958 bits per heavy atom. The second kappa shape index (κ2) is 6.72. The van der Waals surface area contributed by atoms with Gasteiger partial charge in [0.15, 0.2) is 5.75 Å². The van der Waals surface area contributed by atoms with Crippen molar-refractivity contribution in [1.29, 1.82) is 0 Å². The monoisotopic (exact) mass is 437 g/mol. The lowest BCUT2D eigenvalue weighted by Gasteiger charge is -2.13. The van der Waals surface area contributed by atoms with Gasteiger partial charge in [-0.3, -0.25) is 4.79 Å². The molecule has 0 spiro atoms. The molecule has 1 N–H and O–H groups in total. The number of aromatic nitrogens is 1. The predicted octanol–water partition coefficient (Wildman–Crippen LogP) is 3.83. The molecule has 24 heavy (non-hydrogen) atoms. The normalized spacial score (nSPS) is 10.7. The first-order chi connectivity index (χ1) is 11.6. The van der Waals surface area contributed by atoms with E-state index in [2.05, 4.69) is 27.6 Å². The molecule has 0 saturated carbocycles. The second-order valence-electron chi connectivity index (χ2n) is 5.12. The van der Waals surface area contributed by atoms with Crippen LogP contribution < -0.4 is 19.6 Å². The Balaban J connectivity index is 2.38. The summed E-state index contributed by atoms with van der Waals surface area (Å²) in [7, 11) is 4.58. The van der Waals surface area contributed by atoms with Gasteiger partial charge in [-0.1, -0.05) is 12.1 Å². The van der Waals surface area contributed by atoms with E-state index < -0.39 is 0 Å². The minimum atomic E-state index is -0.223. The van der Waals surface area contributed by atoms with Crippen LogP contribution in [0.3, 0.4) is 0 Å². The number of hydrogen-bond acceptors (Lipinski definition) is 4. The zero-order valence-corrected chi connectivity index (χ0v) is 15.6. The van der Waals surface area contributed by atoms with Crippen molar-refractivity contribution >= 4 is 33.5 Å².